The van der Waals surface area contributed by atoms with Gasteiger partial charge in [0.2, 0.25) is 0 Å². The lowest BCUT2D eigenvalue weighted by atomic mass is 10.1. The lowest BCUT2D eigenvalue weighted by Crippen LogP contribution is -2.80. The zero-order valence-corrected chi connectivity index (χ0v) is 35.3. The highest BCUT2D eigenvalue weighted by molar-refractivity contribution is 5.24. The number of nitrogens with two attached hydrogens (primary N) is 2. The van der Waals surface area contributed by atoms with E-state index >= 15 is 0 Å². The average Bonchev–Trinajstić information content (AvgIpc) is 3.25. The Morgan fingerprint density at radius 3 is 0.690 bits per heavy atom. The summed E-state index contributed by atoms with van der Waals surface area (Å²) < 4.78 is 23.9. The van der Waals surface area contributed by atoms with Gasteiger partial charge in [0, 0.05) is 48.7 Å². The Balaban J connectivity index is 0.981. The minimum Gasteiger partial charge on any atom is -0.377 e. The summed E-state index contributed by atoms with van der Waals surface area (Å²) >= 11 is 0. The van der Waals surface area contributed by atoms with Crippen molar-refractivity contribution in [3.8, 4) is 0 Å². The van der Waals surface area contributed by atoms with Gasteiger partial charge in [-0.3, -0.25) is 0 Å². The maximum absolute atomic E-state index is 5.97. The lowest BCUT2D eigenvalue weighted by Gasteiger charge is -2.07. The Bertz CT molecular complexity index is 1420. The highest BCUT2D eigenvalue weighted by atomic mass is 16.5. The molecule has 7 aliphatic heterocycles. The van der Waals surface area contributed by atoms with Gasteiger partial charge in [0.15, 0.2) is 0 Å². The summed E-state index contributed by atoms with van der Waals surface area (Å²) in [4.78, 5) is 0. The molecule has 0 aliphatic carbocycles. The summed E-state index contributed by atoms with van der Waals surface area (Å²) in [6.45, 7) is 9.90. The van der Waals surface area contributed by atoms with E-state index in [-0.39, 0.29) is 0 Å². The quantitative estimate of drug-likeness (QED) is 0.174. The summed E-state index contributed by atoms with van der Waals surface area (Å²) in [7, 11) is 0. The second-order valence-electron chi connectivity index (χ2n) is 15.8. The van der Waals surface area contributed by atoms with Crippen LogP contribution in [0.2, 0.25) is 0 Å². The molecule has 11 rings (SSSR count). The molecule has 58 heavy (non-hydrogen) atoms. The normalized spacial score (nSPS) is 19.3. The summed E-state index contributed by atoms with van der Waals surface area (Å²) in [6.07, 6.45) is 22.9. The Labute approximate surface area is 350 Å². The van der Waals surface area contributed by atoms with E-state index in [1.807, 2.05) is 0 Å². The summed E-state index contributed by atoms with van der Waals surface area (Å²) in [5.41, 5.74) is 10.4. The van der Waals surface area contributed by atoms with Gasteiger partial charge in [-0.05, 0) is 99.3 Å². The first-order valence-corrected chi connectivity index (χ1v) is 22.4. The SMILES string of the molecule is C1=C\CCCCOCc2ccc(cc2)C[NH2+]Cc2ccc(cc2)COCCCC/C=C\CCCCOCc2ccc(cc2)C[NH2+]Cc2ccc(cc2)COCCCC/1. The van der Waals surface area contributed by atoms with E-state index in [1.165, 1.54) is 70.2 Å². The van der Waals surface area contributed by atoms with Crippen molar-refractivity contribution in [2.45, 2.75) is 130 Å². The van der Waals surface area contributed by atoms with E-state index < -0.39 is 0 Å². The van der Waals surface area contributed by atoms with Gasteiger partial charge in [-0.2, -0.15) is 0 Å². The van der Waals surface area contributed by atoms with E-state index in [9.17, 15) is 0 Å². The number of hydrogen-bond donors (Lipinski definition) is 2. The highest BCUT2D eigenvalue weighted by Crippen LogP contribution is 2.11. The molecule has 7 heterocycles. The third-order valence-electron chi connectivity index (χ3n) is 10.7. The molecular weight excluding hydrogens is 717 g/mol. The molecule has 312 valence electrons. The Morgan fingerprint density at radius 2 is 0.466 bits per heavy atom. The topological polar surface area (TPSA) is 70.1 Å². The predicted molar refractivity (Wildman–Crippen MR) is 237 cm³/mol. The molecule has 4 N–H and O–H groups in total. The van der Waals surface area contributed by atoms with Crippen molar-refractivity contribution < 1.29 is 29.6 Å². The van der Waals surface area contributed by atoms with Crippen molar-refractivity contribution in [2.24, 2.45) is 0 Å². The monoisotopic (exact) mass is 789 g/mol. The maximum atomic E-state index is 5.97. The van der Waals surface area contributed by atoms with Crippen LogP contribution in [-0.4, -0.2) is 26.4 Å². The molecule has 4 aromatic rings. The zero-order chi connectivity index (χ0) is 40.0. The third-order valence-corrected chi connectivity index (χ3v) is 10.7. The number of rotatable bonds is 0. The number of quaternary nitrogens is 2. The van der Waals surface area contributed by atoms with Gasteiger partial charge in [-0.15, -0.1) is 0 Å². The van der Waals surface area contributed by atoms with Crippen LogP contribution >= 0.6 is 0 Å². The van der Waals surface area contributed by atoms with Crippen molar-refractivity contribution >= 4 is 0 Å². The molecule has 0 unspecified atom stereocenters. The molecule has 4 aromatic carbocycles. The van der Waals surface area contributed by atoms with Gasteiger partial charge >= 0.3 is 0 Å². The fraction of sp³-hybridized carbons (Fsp3) is 0.462. The van der Waals surface area contributed by atoms with Crippen molar-refractivity contribution in [1.82, 2.24) is 0 Å². The molecule has 0 fully saturated rings. The molecule has 6 nitrogen and oxygen atoms in total. The molecule has 0 atom stereocenters. The van der Waals surface area contributed by atoms with Gasteiger partial charge in [-0.1, -0.05) is 121 Å². The van der Waals surface area contributed by atoms with E-state index in [0.29, 0.717) is 26.4 Å². The van der Waals surface area contributed by atoms with Crippen molar-refractivity contribution in [3.05, 3.63) is 166 Å². The Kier molecular flexibility index (Phi) is 22.9. The van der Waals surface area contributed by atoms with E-state index in [4.69, 9.17) is 18.9 Å². The second kappa shape index (κ2) is 29.3. The molecule has 0 spiro atoms. The molecule has 0 aromatic heterocycles. The molecule has 0 saturated carbocycles. The second-order valence-corrected chi connectivity index (χ2v) is 15.8. The van der Waals surface area contributed by atoms with Crippen molar-refractivity contribution in [2.75, 3.05) is 26.4 Å². The number of ether oxygens (including phenoxy) is 4. The van der Waals surface area contributed by atoms with Gasteiger partial charge < -0.3 is 29.6 Å². The standard InChI is InChI=1S/C52H70N2O4/c1-2-6-10-14-34-56-42-50-27-19-46(20-28-50)38-54-40-48-23-31-52(32-24-48)44-58-36-16-12-8-4-3-7-11-15-35-57-43-51-29-21-47(22-30-51)39-53-37-45-17-25-49(26-18-45)41-55-33-13-9-5-1/h1-4,17-32,53-54H,5-16,33-44H2/p+2/b2-1-,4-3-. The lowest BCUT2D eigenvalue weighted by molar-refractivity contribution is -0.686. The molecular formula is C52H72N2O4+2. The first-order chi connectivity index (χ1) is 28.8. The molecule has 6 heteroatoms. The van der Waals surface area contributed by atoms with Crippen LogP contribution in [0.4, 0.5) is 0 Å². The van der Waals surface area contributed by atoms with Gasteiger partial charge in [0.05, 0.1) is 26.4 Å². The van der Waals surface area contributed by atoms with Crippen LogP contribution in [0.5, 0.6) is 0 Å². The average molecular weight is 789 g/mol. The fourth-order valence-electron chi connectivity index (χ4n) is 6.99. The molecule has 7 aliphatic rings. The summed E-state index contributed by atoms with van der Waals surface area (Å²) in [6, 6.07) is 35.6. The Morgan fingerprint density at radius 1 is 0.259 bits per heavy atom. The van der Waals surface area contributed by atoms with E-state index in [1.54, 1.807) is 0 Å². The van der Waals surface area contributed by atoms with Crippen LogP contribution in [0.25, 0.3) is 0 Å². The maximum Gasteiger partial charge on any atom is 0.101 e. The smallest absolute Gasteiger partial charge is 0.101 e. The van der Waals surface area contributed by atoms with Gasteiger partial charge in [-0.25, -0.2) is 0 Å². The fourth-order valence-corrected chi connectivity index (χ4v) is 6.99. The van der Waals surface area contributed by atoms with Crippen LogP contribution < -0.4 is 10.6 Å². The van der Waals surface area contributed by atoms with Crippen LogP contribution in [0.3, 0.4) is 0 Å². The van der Waals surface area contributed by atoms with Crippen LogP contribution in [-0.2, 0) is 71.6 Å². The van der Waals surface area contributed by atoms with Crippen LogP contribution in [0.1, 0.15) is 122 Å². The van der Waals surface area contributed by atoms with Gasteiger partial charge in [0.1, 0.15) is 26.2 Å². The minimum absolute atomic E-state index is 0.686. The molecule has 8 bridgehead atoms. The third kappa shape index (κ3) is 20.2. The first kappa shape index (κ1) is 45.2. The number of allylic oxidation sites excluding steroid dienone is 4. The van der Waals surface area contributed by atoms with E-state index in [2.05, 4.69) is 132 Å². The van der Waals surface area contributed by atoms with Crippen molar-refractivity contribution in [1.29, 1.82) is 0 Å². The summed E-state index contributed by atoms with van der Waals surface area (Å²) in [5, 5.41) is 4.73. The largest absolute Gasteiger partial charge is 0.377 e. The number of hydrogen-bond acceptors (Lipinski definition) is 4. The van der Waals surface area contributed by atoms with Crippen LogP contribution in [0.15, 0.2) is 121 Å². The van der Waals surface area contributed by atoms with Gasteiger partial charge in [0.25, 0.3) is 0 Å². The predicted octanol–water partition coefficient (Wildman–Crippen LogP) is 9.79. The minimum atomic E-state index is 0.686. The molecule has 0 amide bonds. The molecule has 0 saturated heterocycles. The van der Waals surface area contributed by atoms with Crippen molar-refractivity contribution in [3.63, 3.8) is 0 Å². The van der Waals surface area contributed by atoms with Crippen LogP contribution in [0, 0.1) is 0 Å². The molecule has 0 radical (unpaired) electrons. The van der Waals surface area contributed by atoms with E-state index in [0.717, 1.165) is 104 Å². The summed E-state index contributed by atoms with van der Waals surface area (Å²) in [5.74, 6) is 0. The highest BCUT2D eigenvalue weighted by Gasteiger charge is 2.03. The Hall–Kier alpha value is -3.88. The zero-order valence-electron chi connectivity index (χ0n) is 35.3. The first-order valence-electron chi connectivity index (χ1n) is 22.4. The number of benzene rings is 4.